The third kappa shape index (κ3) is 1.10. The molecule has 5 heteroatoms. The van der Waals surface area contributed by atoms with Gasteiger partial charge in [0.2, 0.25) is 0 Å². The van der Waals surface area contributed by atoms with Crippen molar-refractivity contribution >= 4 is 5.65 Å². The van der Waals surface area contributed by atoms with E-state index in [2.05, 4.69) is 10.1 Å². The zero-order valence-electron chi connectivity index (χ0n) is 8.66. The first-order valence-electron chi connectivity index (χ1n) is 5.33. The van der Waals surface area contributed by atoms with E-state index >= 15 is 0 Å². The van der Waals surface area contributed by atoms with Crippen LogP contribution in [-0.4, -0.2) is 14.6 Å². The summed E-state index contributed by atoms with van der Waals surface area (Å²) in [6.45, 7) is 0. The second-order valence-electron chi connectivity index (χ2n) is 4.02. The Labute approximate surface area is 91.3 Å². The minimum absolute atomic E-state index is 0.0702. The number of hydrogen-bond donors (Lipinski definition) is 1. The summed E-state index contributed by atoms with van der Waals surface area (Å²) in [5.74, 6) is 0. The first-order chi connectivity index (χ1) is 7.81. The van der Waals surface area contributed by atoms with E-state index in [-0.39, 0.29) is 5.56 Å². The highest BCUT2D eigenvalue weighted by Crippen LogP contribution is 2.19. The Morgan fingerprint density at radius 3 is 3.06 bits per heavy atom. The number of aromatic nitrogens is 3. The van der Waals surface area contributed by atoms with Crippen LogP contribution in [-0.2, 0) is 12.8 Å². The number of rotatable bonds is 0. The molecule has 0 radical (unpaired) electrons. The third-order valence-electron chi connectivity index (χ3n) is 3.09. The van der Waals surface area contributed by atoms with Crippen molar-refractivity contribution in [1.82, 2.24) is 14.6 Å². The molecule has 1 aliphatic carbocycles. The molecule has 1 aliphatic rings. The largest absolute Gasteiger partial charge is 0.306 e. The van der Waals surface area contributed by atoms with Gasteiger partial charge in [-0.05, 0) is 25.7 Å². The molecule has 2 heterocycles. The number of hydrogen-bond acceptors (Lipinski definition) is 3. The molecule has 0 saturated heterocycles. The van der Waals surface area contributed by atoms with Crippen LogP contribution >= 0.6 is 0 Å². The van der Waals surface area contributed by atoms with Crippen LogP contribution in [0.5, 0.6) is 0 Å². The Morgan fingerprint density at radius 1 is 1.44 bits per heavy atom. The van der Waals surface area contributed by atoms with Crippen LogP contribution in [0.25, 0.3) is 5.65 Å². The number of nitrogens with one attached hydrogen (secondary N) is 1. The highest BCUT2D eigenvalue weighted by Gasteiger charge is 2.18. The molecule has 0 amide bonds. The minimum Gasteiger partial charge on any atom is -0.306 e. The predicted molar refractivity (Wildman–Crippen MR) is 57.2 cm³/mol. The van der Waals surface area contributed by atoms with Gasteiger partial charge in [-0.1, -0.05) is 0 Å². The predicted octanol–water partition coefficient (Wildman–Crippen LogP) is 0.773. The molecule has 3 rings (SSSR count). The fraction of sp³-hybridized carbons (Fsp3) is 0.364. The molecule has 0 spiro atoms. The van der Waals surface area contributed by atoms with Gasteiger partial charge in [0, 0.05) is 5.56 Å². The molecule has 0 saturated carbocycles. The Hall–Kier alpha value is -2.09. The summed E-state index contributed by atoms with van der Waals surface area (Å²) in [5.41, 5.74) is 2.66. The van der Waals surface area contributed by atoms with Gasteiger partial charge in [-0.25, -0.2) is 4.52 Å². The van der Waals surface area contributed by atoms with E-state index in [1.165, 1.54) is 6.20 Å². The van der Waals surface area contributed by atoms with Crippen molar-refractivity contribution < 1.29 is 0 Å². The number of aryl methyl sites for hydroxylation is 1. The average Bonchev–Trinajstić information content (AvgIpc) is 2.72. The van der Waals surface area contributed by atoms with Gasteiger partial charge in [0.05, 0.1) is 11.9 Å². The second kappa shape index (κ2) is 3.20. The van der Waals surface area contributed by atoms with Crippen LogP contribution in [0.3, 0.4) is 0 Å². The summed E-state index contributed by atoms with van der Waals surface area (Å²) in [6.07, 6.45) is 5.30. The molecule has 0 atom stereocenters. The normalized spacial score (nSPS) is 14.7. The molecular weight excluding hydrogens is 204 g/mol. The van der Waals surface area contributed by atoms with Crippen LogP contribution in [0.15, 0.2) is 11.0 Å². The molecule has 0 aliphatic heterocycles. The summed E-state index contributed by atoms with van der Waals surface area (Å²) in [5, 5.41) is 13.1. The molecule has 80 valence electrons. The van der Waals surface area contributed by atoms with E-state index in [9.17, 15) is 4.79 Å². The van der Waals surface area contributed by atoms with Crippen LogP contribution < -0.4 is 5.56 Å². The lowest BCUT2D eigenvalue weighted by Gasteiger charge is -2.15. The van der Waals surface area contributed by atoms with E-state index in [0.29, 0.717) is 11.2 Å². The number of aromatic amines is 1. The van der Waals surface area contributed by atoms with Crippen molar-refractivity contribution in [3.05, 3.63) is 33.4 Å². The van der Waals surface area contributed by atoms with E-state index in [0.717, 1.165) is 36.9 Å². The first kappa shape index (κ1) is 9.16. The molecular formula is C11H10N4O. The first-order valence-corrected chi connectivity index (χ1v) is 5.33. The molecule has 0 bridgehead atoms. The lowest BCUT2D eigenvalue weighted by atomic mass is 9.97. The highest BCUT2D eigenvalue weighted by molar-refractivity contribution is 5.54. The SMILES string of the molecule is N#Cc1cnn2c3c(c(=O)[nH]c12)CCCC3. The molecule has 5 nitrogen and oxygen atoms in total. The van der Waals surface area contributed by atoms with Gasteiger partial charge in [0.1, 0.15) is 11.6 Å². The van der Waals surface area contributed by atoms with Gasteiger partial charge in [-0.3, -0.25) is 4.79 Å². The Balaban J connectivity index is 2.44. The Bertz CT molecular complexity index is 659. The molecule has 0 fully saturated rings. The fourth-order valence-corrected chi connectivity index (χ4v) is 2.31. The van der Waals surface area contributed by atoms with E-state index in [4.69, 9.17) is 5.26 Å². The maximum Gasteiger partial charge on any atom is 0.254 e. The van der Waals surface area contributed by atoms with Crippen LogP contribution in [0.1, 0.15) is 29.7 Å². The number of nitriles is 1. The van der Waals surface area contributed by atoms with Gasteiger partial charge in [-0.2, -0.15) is 10.4 Å². The Morgan fingerprint density at radius 2 is 2.25 bits per heavy atom. The van der Waals surface area contributed by atoms with Gasteiger partial charge in [0.15, 0.2) is 5.65 Å². The van der Waals surface area contributed by atoms with E-state index in [1.807, 2.05) is 6.07 Å². The van der Waals surface area contributed by atoms with Crippen molar-refractivity contribution in [1.29, 1.82) is 5.26 Å². The molecule has 0 unspecified atom stereocenters. The Kier molecular flexibility index (Phi) is 1.83. The van der Waals surface area contributed by atoms with Crippen molar-refractivity contribution in [2.75, 3.05) is 0 Å². The molecule has 0 aromatic carbocycles. The van der Waals surface area contributed by atoms with E-state index < -0.39 is 0 Å². The van der Waals surface area contributed by atoms with E-state index in [1.54, 1.807) is 4.52 Å². The number of nitrogens with zero attached hydrogens (tertiary/aromatic N) is 3. The number of H-pyrrole nitrogens is 1. The molecule has 1 N–H and O–H groups in total. The standard InChI is InChI=1S/C11H10N4O/c12-5-7-6-13-15-9-4-2-1-3-8(9)11(16)14-10(7)15/h6H,1-4H2,(H,14,16). The monoisotopic (exact) mass is 214 g/mol. The maximum atomic E-state index is 11.8. The topological polar surface area (TPSA) is 74.0 Å². The van der Waals surface area contributed by atoms with Crippen LogP contribution in [0, 0.1) is 11.3 Å². The molecule has 2 aromatic rings. The average molecular weight is 214 g/mol. The lowest BCUT2D eigenvalue weighted by molar-refractivity contribution is 0.635. The number of fused-ring (bicyclic) bond motifs is 3. The lowest BCUT2D eigenvalue weighted by Crippen LogP contribution is -2.23. The van der Waals surface area contributed by atoms with Gasteiger partial charge in [0.25, 0.3) is 5.56 Å². The molecule has 16 heavy (non-hydrogen) atoms. The fourth-order valence-electron chi connectivity index (χ4n) is 2.31. The van der Waals surface area contributed by atoms with Crippen LogP contribution in [0.2, 0.25) is 0 Å². The highest BCUT2D eigenvalue weighted by atomic mass is 16.1. The summed E-state index contributed by atoms with van der Waals surface area (Å²) >= 11 is 0. The quantitative estimate of drug-likeness (QED) is 0.704. The summed E-state index contributed by atoms with van der Waals surface area (Å²) < 4.78 is 1.70. The summed E-state index contributed by atoms with van der Waals surface area (Å²) in [6, 6.07) is 2.03. The van der Waals surface area contributed by atoms with Crippen molar-refractivity contribution in [2.45, 2.75) is 25.7 Å². The van der Waals surface area contributed by atoms with Crippen molar-refractivity contribution in [3.8, 4) is 6.07 Å². The maximum absolute atomic E-state index is 11.8. The third-order valence-corrected chi connectivity index (χ3v) is 3.09. The minimum atomic E-state index is -0.0702. The van der Waals surface area contributed by atoms with Gasteiger partial charge < -0.3 is 4.98 Å². The van der Waals surface area contributed by atoms with Gasteiger partial charge >= 0.3 is 0 Å². The summed E-state index contributed by atoms with van der Waals surface area (Å²) in [4.78, 5) is 14.6. The van der Waals surface area contributed by atoms with Gasteiger partial charge in [-0.15, -0.1) is 0 Å². The zero-order chi connectivity index (χ0) is 11.1. The summed E-state index contributed by atoms with van der Waals surface area (Å²) in [7, 11) is 0. The smallest absolute Gasteiger partial charge is 0.254 e. The zero-order valence-corrected chi connectivity index (χ0v) is 8.66. The van der Waals surface area contributed by atoms with Crippen molar-refractivity contribution in [2.24, 2.45) is 0 Å². The van der Waals surface area contributed by atoms with Crippen molar-refractivity contribution in [3.63, 3.8) is 0 Å². The second-order valence-corrected chi connectivity index (χ2v) is 4.02. The molecule has 2 aromatic heterocycles. The van der Waals surface area contributed by atoms with Crippen LogP contribution in [0.4, 0.5) is 0 Å².